The molecule has 1 aromatic heterocycles. The van der Waals surface area contributed by atoms with Gasteiger partial charge in [-0.2, -0.15) is 0 Å². The lowest BCUT2D eigenvalue weighted by Crippen LogP contribution is -2.36. The van der Waals surface area contributed by atoms with E-state index in [1.165, 1.54) is 0 Å². The van der Waals surface area contributed by atoms with Crippen molar-refractivity contribution in [2.45, 2.75) is 31.7 Å². The van der Waals surface area contributed by atoms with Gasteiger partial charge in [0.15, 0.2) is 0 Å². The van der Waals surface area contributed by atoms with E-state index in [0.717, 1.165) is 35.4 Å². The second-order valence-electron chi connectivity index (χ2n) is 7.25. The van der Waals surface area contributed by atoms with Crippen LogP contribution in [-0.4, -0.2) is 64.9 Å². The molecule has 7 nitrogen and oxygen atoms in total. The smallest absolute Gasteiger partial charge is 0.227 e. The molecular formula is C19H24N4O3. The van der Waals surface area contributed by atoms with E-state index in [1.54, 1.807) is 19.1 Å². The van der Waals surface area contributed by atoms with Gasteiger partial charge in [0.05, 0.1) is 24.1 Å². The van der Waals surface area contributed by atoms with Crippen molar-refractivity contribution >= 4 is 22.8 Å². The van der Waals surface area contributed by atoms with Crippen LogP contribution in [0.2, 0.25) is 0 Å². The molecule has 1 saturated carbocycles. The van der Waals surface area contributed by atoms with Gasteiger partial charge in [0.2, 0.25) is 11.8 Å². The van der Waals surface area contributed by atoms with Gasteiger partial charge in [-0.1, -0.05) is 0 Å². The monoisotopic (exact) mass is 356 g/mol. The molecule has 0 spiro atoms. The number of amides is 2. The lowest BCUT2D eigenvalue weighted by Gasteiger charge is -2.21. The van der Waals surface area contributed by atoms with Crippen molar-refractivity contribution in [2.24, 2.45) is 5.92 Å². The lowest BCUT2D eigenvalue weighted by atomic mass is 10.1. The molecule has 1 unspecified atom stereocenters. The number of ether oxygens (including phenoxy) is 1. The number of carbonyl (C=O) groups excluding carboxylic acids is 2. The Labute approximate surface area is 152 Å². The number of H-pyrrole nitrogens is 1. The molecular weight excluding hydrogens is 332 g/mol. The first-order valence-electron chi connectivity index (χ1n) is 9.12. The van der Waals surface area contributed by atoms with Gasteiger partial charge in [0.1, 0.15) is 11.6 Å². The average Bonchev–Trinajstić information content (AvgIpc) is 3.29. The standard InChI is InChI=1S/C19H24N4O3/c1-22(19(25)12-9-18(24)23(11-12)13-3-4-13)8-7-17-20-15-6-5-14(26-2)10-16(15)21-17/h5-6,10,12-13H,3-4,7-9,11H2,1-2H3,(H,20,21). The largest absolute Gasteiger partial charge is 0.497 e. The molecule has 2 aromatic rings. The number of hydrogen-bond donors (Lipinski definition) is 1. The fourth-order valence-corrected chi connectivity index (χ4v) is 3.62. The Hall–Kier alpha value is -2.57. The van der Waals surface area contributed by atoms with Crippen LogP contribution in [0.3, 0.4) is 0 Å². The summed E-state index contributed by atoms with van der Waals surface area (Å²) in [6.07, 6.45) is 3.16. The molecule has 1 atom stereocenters. The van der Waals surface area contributed by atoms with Crippen molar-refractivity contribution in [2.75, 3.05) is 27.2 Å². The Morgan fingerprint density at radius 3 is 2.96 bits per heavy atom. The van der Waals surface area contributed by atoms with E-state index in [9.17, 15) is 9.59 Å². The third-order valence-electron chi connectivity index (χ3n) is 5.29. The minimum absolute atomic E-state index is 0.0549. The van der Waals surface area contributed by atoms with Gasteiger partial charge in [0.25, 0.3) is 0 Å². The summed E-state index contributed by atoms with van der Waals surface area (Å²) in [5.74, 6) is 1.61. The quantitative estimate of drug-likeness (QED) is 0.852. The number of aromatic nitrogens is 2. The first-order valence-corrected chi connectivity index (χ1v) is 9.12. The summed E-state index contributed by atoms with van der Waals surface area (Å²) in [5, 5.41) is 0. The maximum Gasteiger partial charge on any atom is 0.227 e. The SMILES string of the molecule is COc1ccc2nc(CCN(C)C(=O)C3CC(=O)N(C4CC4)C3)[nH]c2c1. The number of aromatic amines is 1. The molecule has 26 heavy (non-hydrogen) atoms. The third kappa shape index (κ3) is 3.25. The molecule has 2 aliphatic rings. The van der Waals surface area contributed by atoms with Gasteiger partial charge in [-0.05, 0) is 25.0 Å². The number of likely N-dealkylation sites (tertiary alicyclic amines) is 1. The predicted octanol–water partition coefficient (Wildman–Crippen LogP) is 1.58. The predicted molar refractivity (Wildman–Crippen MR) is 96.8 cm³/mol. The minimum Gasteiger partial charge on any atom is -0.497 e. The van der Waals surface area contributed by atoms with Crippen LogP contribution in [-0.2, 0) is 16.0 Å². The molecule has 0 bridgehead atoms. The van der Waals surface area contributed by atoms with Crippen LogP contribution in [0.1, 0.15) is 25.1 Å². The summed E-state index contributed by atoms with van der Waals surface area (Å²) in [6, 6.07) is 6.10. The number of carbonyl (C=O) groups is 2. The van der Waals surface area contributed by atoms with Crippen LogP contribution in [0, 0.1) is 5.92 Å². The number of methoxy groups -OCH3 is 1. The van der Waals surface area contributed by atoms with Gasteiger partial charge < -0.3 is 19.5 Å². The summed E-state index contributed by atoms with van der Waals surface area (Å²) in [5.41, 5.74) is 1.81. The molecule has 1 aromatic carbocycles. The molecule has 2 fully saturated rings. The number of hydrogen-bond acceptors (Lipinski definition) is 4. The molecule has 2 amide bonds. The average molecular weight is 356 g/mol. The van der Waals surface area contributed by atoms with E-state index in [0.29, 0.717) is 32.0 Å². The third-order valence-corrected chi connectivity index (χ3v) is 5.29. The molecule has 1 saturated heterocycles. The summed E-state index contributed by atoms with van der Waals surface area (Å²) in [7, 11) is 3.44. The highest BCUT2D eigenvalue weighted by molar-refractivity contribution is 5.89. The van der Waals surface area contributed by atoms with Gasteiger partial charge in [-0.15, -0.1) is 0 Å². The zero-order valence-corrected chi connectivity index (χ0v) is 15.2. The number of fused-ring (bicyclic) bond motifs is 1. The molecule has 0 radical (unpaired) electrons. The second kappa shape index (κ2) is 6.63. The Morgan fingerprint density at radius 2 is 2.23 bits per heavy atom. The molecule has 4 rings (SSSR count). The van der Waals surface area contributed by atoms with E-state index in [2.05, 4.69) is 9.97 Å². The Balaban J connectivity index is 1.35. The topological polar surface area (TPSA) is 78.5 Å². The number of rotatable bonds is 6. The van der Waals surface area contributed by atoms with E-state index < -0.39 is 0 Å². The maximum atomic E-state index is 12.7. The van der Waals surface area contributed by atoms with Crippen molar-refractivity contribution in [1.82, 2.24) is 19.8 Å². The van der Waals surface area contributed by atoms with Crippen molar-refractivity contribution < 1.29 is 14.3 Å². The van der Waals surface area contributed by atoms with Crippen molar-refractivity contribution in [1.29, 1.82) is 0 Å². The van der Waals surface area contributed by atoms with E-state index in [-0.39, 0.29) is 17.7 Å². The minimum atomic E-state index is -0.201. The Bertz CT molecular complexity index is 842. The molecule has 2 heterocycles. The highest BCUT2D eigenvalue weighted by Crippen LogP contribution is 2.33. The number of nitrogens with zero attached hydrogens (tertiary/aromatic N) is 3. The zero-order valence-electron chi connectivity index (χ0n) is 15.2. The number of likely N-dealkylation sites (N-methyl/N-ethyl adjacent to an activating group) is 1. The Morgan fingerprint density at radius 1 is 1.42 bits per heavy atom. The van der Waals surface area contributed by atoms with Crippen LogP contribution < -0.4 is 4.74 Å². The van der Waals surface area contributed by atoms with Crippen molar-refractivity contribution in [3.8, 4) is 5.75 Å². The van der Waals surface area contributed by atoms with Crippen LogP contribution in [0.15, 0.2) is 18.2 Å². The molecule has 1 aliphatic heterocycles. The maximum absolute atomic E-state index is 12.7. The number of nitrogens with one attached hydrogen (secondary N) is 1. The lowest BCUT2D eigenvalue weighted by molar-refractivity contribution is -0.134. The summed E-state index contributed by atoms with van der Waals surface area (Å²) in [6.45, 7) is 1.15. The fourth-order valence-electron chi connectivity index (χ4n) is 3.62. The first-order chi connectivity index (χ1) is 12.5. The summed E-state index contributed by atoms with van der Waals surface area (Å²) < 4.78 is 5.22. The fraction of sp³-hybridized carbons (Fsp3) is 0.526. The second-order valence-corrected chi connectivity index (χ2v) is 7.25. The van der Waals surface area contributed by atoms with Gasteiger partial charge in [-0.25, -0.2) is 4.98 Å². The van der Waals surface area contributed by atoms with Gasteiger partial charge in [0, 0.05) is 45.1 Å². The summed E-state index contributed by atoms with van der Waals surface area (Å²) in [4.78, 5) is 36.2. The normalized spacial score (nSPS) is 20.0. The van der Waals surface area contributed by atoms with Crippen LogP contribution in [0.5, 0.6) is 5.75 Å². The molecule has 1 N–H and O–H groups in total. The highest BCUT2D eigenvalue weighted by atomic mass is 16.5. The van der Waals surface area contributed by atoms with Crippen LogP contribution in [0.25, 0.3) is 11.0 Å². The van der Waals surface area contributed by atoms with Gasteiger partial charge in [-0.3, -0.25) is 9.59 Å². The van der Waals surface area contributed by atoms with Crippen molar-refractivity contribution in [3.05, 3.63) is 24.0 Å². The highest BCUT2D eigenvalue weighted by Gasteiger charge is 2.42. The van der Waals surface area contributed by atoms with E-state index in [4.69, 9.17) is 4.74 Å². The Kier molecular flexibility index (Phi) is 4.30. The molecule has 7 heteroatoms. The number of imidazole rings is 1. The van der Waals surface area contributed by atoms with Gasteiger partial charge >= 0.3 is 0 Å². The van der Waals surface area contributed by atoms with E-state index in [1.807, 2.05) is 23.1 Å². The number of benzene rings is 1. The van der Waals surface area contributed by atoms with Crippen LogP contribution in [0.4, 0.5) is 0 Å². The molecule has 138 valence electrons. The van der Waals surface area contributed by atoms with E-state index >= 15 is 0 Å². The first kappa shape index (κ1) is 16.9. The van der Waals surface area contributed by atoms with Crippen molar-refractivity contribution in [3.63, 3.8) is 0 Å². The zero-order chi connectivity index (χ0) is 18.3. The molecule has 1 aliphatic carbocycles. The van der Waals surface area contributed by atoms with Crippen LogP contribution >= 0.6 is 0 Å². The summed E-state index contributed by atoms with van der Waals surface area (Å²) >= 11 is 0.